The first-order chi connectivity index (χ1) is 22.4. The van der Waals surface area contributed by atoms with E-state index in [2.05, 4.69) is 20.9 Å². The van der Waals surface area contributed by atoms with E-state index in [0.29, 0.717) is 24.8 Å². The molecule has 5 N–H and O–H groups in total. The van der Waals surface area contributed by atoms with Crippen LogP contribution in [0.5, 0.6) is 5.75 Å². The Labute approximate surface area is 287 Å². The summed E-state index contributed by atoms with van der Waals surface area (Å²) in [6.07, 6.45) is 5.68. The molecule has 2 fully saturated rings. The first-order valence-electron chi connectivity index (χ1n) is 17.2. The molecule has 2 amide bonds. The summed E-state index contributed by atoms with van der Waals surface area (Å²) < 4.78 is 24.5. The number of nitrogens with one attached hydrogen (secondary N) is 3. The molecule has 2 aromatic carbocycles. The minimum Gasteiger partial charge on any atom is -0.508 e. The highest BCUT2D eigenvalue weighted by molar-refractivity contribution is 7.92. The molecule has 1 aliphatic carbocycles. The number of β-amino-alcohol motifs (C(OH)–C–C–N with tert-alkyl or cyclic N) is 1. The van der Waals surface area contributed by atoms with E-state index in [1.165, 1.54) is 32.4 Å². The molecule has 1 heterocycles. The highest BCUT2D eigenvalue weighted by atomic mass is 32.2. The molecule has 2 unspecified atom stereocenters. The molecule has 0 radical (unpaired) electrons. The number of nitrogens with zero attached hydrogens (tertiary/aromatic N) is 1. The van der Waals surface area contributed by atoms with Gasteiger partial charge in [0.1, 0.15) is 11.8 Å². The van der Waals surface area contributed by atoms with E-state index in [4.69, 9.17) is 0 Å². The van der Waals surface area contributed by atoms with Gasteiger partial charge in [-0.15, -0.1) is 0 Å². The number of fused-ring (bicyclic) bond motifs is 1. The van der Waals surface area contributed by atoms with Gasteiger partial charge < -0.3 is 26.2 Å². The van der Waals surface area contributed by atoms with Crippen LogP contribution < -0.4 is 16.0 Å². The fraction of sp³-hybridized carbons (Fsp3) is 0.622. The Hall–Kier alpha value is -2.99. The van der Waals surface area contributed by atoms with Crippen molar-refractivity contribution < 1.29 is 28.2 Å². The number of piperidine rings is 1. The maximum Gasteiger partial charge on any atom is 0.239 e. The van der Waals surface area contributed by atoms with Gasteiger partial charge in [-0.05, 0) is 89.0 Å². The van der Waals surface area contributed by atoms with Gasteiger partial charge in [0.15, 0.2) is 9.84 Å². The molecule has 2 aliphatic rings. The Morgan fingerprint density at radius 2 is 1.56 bits per heavy atom. The van der Waals surface area contributed by atoms with Crippen molar-refractivity contribution in [1.82, 2.24) is 20.9 Å². The Kier molecular flexibility index (Phi) is 12.4. The molecule has 4 rings (SSSR count). The van der Waals surface area contributed by atoms with E-state index >= 15 is 0 Å². The van der Waals surface area contributed by atoms with Crippen LogP contribution in [0.15, 0.2) is 54.6 Å². The van der Waals surface area contributed by atoms with Gasteiger partial charge >= 0.3 is 0 Å². The number of aromatic hydroxyl groups is 1. The van der Waals surface area contributed by atoms with Crippen molar-refractivity contribution in [2.75, 3.05) is 19.3 Å². The van der Waals surface area contributed by atoms with Crippen LogP contribution in [0.4, 0.5) is 0 Å². The fourth-order valence-corrected chi connectivity index (χ4v) is 7.73. The van der Waals surface area contributed by atoms with Crippen molar-refractivity contribution in [1.29, 1.82) is 0 Å². The zero-order valence-corrected chi connectivity index (χ0v) is 30.2. The lowest BCUT2D eigenvalue weighted by molar-refractivity contribution is -0.133. The van der Waals surface area contributed by atoms with Gasteiger partial charge in [0.05, 0.1) is 22.9 Å². The van der Waals surface area contributed by atoms with Crippen LogP contribution in [0.2, 0.25) is 0 Å². The number of hydrogen-bond donors (Lipinski definition) is 5. The van der Waals surface area contributed by atoms with Crippen LogP contribution in [0, 0.1) is 11.8 Å². The number of aliphatic hydroxyl groups excluding tert-OH is 1. The monoisotopic (exact) mass is 684 g/mol. The number of rotatable bonds is 13. The molecular weight excluding hydrogens is 628 g/mol. The summed E-state index contributed by atoms with van der Waals surface area (Å²) in [6.45, 7) is 10.0. The third-order valence-corrected chi connectivity index (χ3v) is 12.3. The zero-order valence-electron chi connectivity index (χ0n) is 29.4. The number of likely N-dealkylation sites (tertiary alicyclic amines) is 1. The molecular formula is C37H56N4O6S. The SMILES string of the molecule is CC(C)(C)NC(=O)[C@@H]1CC2CCCCC2CN1C[C@@H](O)[C@H](Cc1ccccc1)NC(=O)[C@@H](NCc1ccc(O)cc1)C(C)(C)S(C)(=O)=O. The lowest BCUT2D eigenvalue weighted by atomic mass is 9.72. The molecule has 0 spiro atoms. The number of carbonyl (C=O) groups is 2. The predicted octanol–water partition coefficient (Wildman–Crippen LogP) is 3.56. The summed E-state index contributed by atoms with van der Waals surface area (Å²) in [5.41, 5.74) is 1.27. The Morgan fingerprint density at radius 1 is 0.938 bits per heavy atom. The fourth-order valence-electron chi connectivity index (χ4n) is 7.11. The van der Waals surface area contributed by atoms with Gasteiger partial charge in [0.2, 0.25) is 11.8 Å². The molecule has 1 saturated carbocycles. The Balaban J connectivity index is 1.60. The molecule has 6 atom stereocenters. The second kappa shape index (κ2) is 15.7. The van der Waals surface area contributed by atoms with Gasteiger partial charge in [0.25, 0.3) is 0 Å². The minimum absolute atomic E-state index is 0.0456. The molecule has 48 heavy (non-hydrogen) atoms. The molecule has 0 bridgehead atoms. The van der Waals surface area contributed by atoms with E-state index in [1.54, 1.807) is 12.1 Å². The van der Waals surface area contributed by atoms with Crippen LogP contribution in [0.1, 0.15) is 77.8 Å². The molecule has 11 heteroatoms. The lowest BCUT2D eigenvalue weighted by Crippen LogP contribution is -2.63. The third-order valence-electron chi connectivity index (χ3n) is 10.2. The van der Waals surface area contributed by atoms with Gasteiger partial charge in [-0.1, -0.05) is 61.7 Å². The summed E-state index contributed by atoms with van der Waals surface area (Å²) in [7, 11) is -3.72. The van der Waals surface area contributed by atoms with Crippen molar-refractivity contribution in [3.8, 4) is 5.75 Å². The summed E-state index contributed by atoms with van der Waals surface area (Å²) in [5, 5.41) is 31.0. The lowest BCUT2D eigenvalue weighted by Gasteiger charge is -2.47. The topological polar surface area (TPSA) is 148 Å². The number of hydrogen-bond acceptors (Lipinski definition) is 8. The van der Waals surface area contributed by atoms with Gasteiger partial charge in [-0.2, -0.15) is 0 Å². The number of phenolic OH excluding ortho intramolecular Hbond substituents is 1. The normalized spacial score (nSPS) is 22.6. The van der Waals surface area contributed by atoms with E-state index in [-0.39, 0.29) is 24.7 Å². The maximum atomic E-state index is 14.2. The summed E-state index contributed by atoms with van der Waals surface area (Å²) in [4.78, 5) is 29.9. The number of carbonyl (C=O) groups excluding carboxylic acids is 2. The first-order valence-corrected chi connectivity index (χ1v) is 19.1. The standard InChI is InChI=1S/C37H56N4O6S/c1-36(2,3)40-34(44)31-21-27-14-10-11-15-28(27)23-41(31)24-32(43)30(20-25-12-8-7-9-13-25)39-35(45)33(37(4,5)48(6,46)47)38-22-26-16-18-29(42)19-17-26/h7-9,12-13,16-19,27-28,30-33,38,42-43H,10-11,14-15,20-24H2,1-6H3,(H,39,45)(H,40,44)/t27?,28?,30-,31-,32+,33+/m0/s1. The van der Waals surface area contributed by atoms with Crippen molar-refractivity contribution in [2.45, 2.75) is 114 Å². The molecule has 0 aromatic heterocycles. The third kappa shape index (κ3) is 10.0. The van der Waals surface area contributed by atoms with Crippen LogP contribution in [-0.2, 0) is 32.4 Å². The summed E-state index contributed by atoms with van der Waals surface area (Å²) in [6, 6.07) is 13.7. The Bertz CT molecular complexity index is 1480. The maximum absolute atomic E-state index is 14.2. The zero-order chi connectivity index (χ0) is 35.3. The van der Waals surface area contributed by atoms with Crippen LogP contribution in [0.25, 0.3) is 0 Å². The minimum atomic E-state index is -3.72. The predicted molar refractivity (Wildman–Crippen MR) is 189 cm³/mol. The molecule has 10 nitrogen and oxygen atoms in total. The molecule has 2 aromatic rings. The Morgan fingerprint density at radius 3 is 2.17 bits per heavy atom. The van der Waals surface area contributed by atoms with Crippen LogP contribution in [-0.4, -0.2) is 89.2 Å². The number of aliphatic hydroxyl groups is 1. The van der Waals surface area contributed by atoms with Gasteiger partial charge in [0, 0.05) is 31.4 Å². The summed E-state index contributed by atoms with van der Waals surface area (Å²) in [5.74, 6) is 0.443. The molecule has 1 aliphatic heterocycles. The van der Waals surface area contributed by atoms with E-state index in [9.17, 15) is 28.2 Å². The number of sulfone groups is 1. The van der Waals surface area contributed by atoms with Crippen molar-refractivity contribution >= 4 is 21.7 Å². The highest BCUT2D eigenvalue weighted by Crippen LogP contribution is 2.39. The molecule has 1 saturated heterocycles. The average Bonchev–Trinajstić information content (AvgIpc) is 3.00. The smallest absolute Gasteiger partial charge is 0.239 e. The second-order valence-corrected chi connectivity index (χ2v) is 18.1. The van der Waals surface area contributed by atoms with Crippen LogP contribution >= 0.6 is 0 Å². The second-order valence-electron chi connectivity index (χ2n) is 15.5. The molecule has 266 valence electrons. The summed E-state index contributed by atoms with van der Waals surface area (Å²) >= 11 is 0. The van der Waals surface area contributed by atoms with E-state index in [0.717, 1.165) is 43.1 Å². The van der Waals surface area contributed by atoms with Gasteiger partial charge in [-0.25, -0.2) is 8.42 Å². The quantitative estimate of drug-likeness (QED) is 0.215. The highest BCUT2D eigenvalue weighted by Gasteiger charge is 2.45. The van der Waals surface area contributed by atoms with Crippen molar-refractivity contribution in [3.05, 3.63) is 65.7 Å². The van der Waals surface area contributed by atoms with E-state index in [1.807, 2.05) is 51.1 Å². The number of benzene rings is 2. The van der Waals surface area contributed by atoms with Gasteiger partial charge in [-0.3, -0.25) is 14.5 Å². The largest absolute Gasteiger partial charge is 0.508 e. The number of phenols is 1. The van der Waals surface area contributed by atoms with Crippen molar-refractivity contribution in [3.63, 3.8) is 0 Å². The first kappa shape index (κ1) is 37.8. The van der Waals surface area contributed by atoms with Crippen molar-refractivity contribution in [2.24, 2.45) is 11.8 Å². The number of amides is 2. The van der Waals surface area contributed by atoms with Crippen LogP contribution in [0.3, 0.4) is 0 Å². The van der Waals surface area contributed by atoms with E-state index < -0.39 is 50.3 Å². The average molecular weight is 685 g/mol.